The molecular formula is C12H17BrN2O2S. The first-order chi connectivity index (χ1) is 8.59. The molecule has 2 rings (SSSR count). The fourth-order valence-electron chi connectivity index (χ4n) is 2.07. The molecule has 0 spiro atoms. The van der Waals surface area contributed by atoms with Gasteiger partial charge in [0.15, 0.2) is 0 Å². The maximum atomic E-state index is 12.1. The topological polar surface area (TPSA) is 58.2 Å². The minimum absolute atomic E-state index is 0.300. The Bertz CT molecular complexity index is 499. The molecule has 1 heterocycles. The second kappa shape index (κ2) is 6.14. The van der Waals surface area contributed by atoms with Gasteiger partial charge in [0.05, 0.1) is 4.90 Å². The Morgan fingerprint density at radius 3 is 2.83 bits per heavy atom. The van der Waals surface area contributed by atoms with Crippen LogP contribution in [0.2, 0.25) is 0 Å². The third-order valence-electron chi connectivity index (χ3n) is 3.09. The van der Waals surface area contributed by atoms with E-state index in [1.54, 1.807) is 24.3 Å². The molecule has 0 amide bonds. The molecule has 100 valence electrons. The van der Waals surface area contributed by atoms with Crippen LogP contribution >= 0.6 is 15.9 Å². The van der Waals surface area contributed by atoms with E-state index in [0.717, 1.165) is 25.9 Å². The minimum Gasteiger partial charge on any atom is -0.316 e. The Kier molecular flexibility index (Phi) is 4.77. The highest BCUT2D eigenvalue weighted by molar-refractivity contribution is 9.10. The van der Waals surface area contributed by atoms with Crippen LogP contribution in [-0.4, -0.2) is 28.1 Å². The lowest BCUT2D eigenvalue weighted by molar-refractivity contribution is 0.376. The monoisotopic (exact) mass is 332 g/mol. The molecule has 0 saturated carbocycles. The van der Waals surface area contributed by atoms with Gasteiger partial charge in [-0.15, -0.1) is 0 Å². The van der Waals surface area contributed by atoms with Crippen LogP contribution in [0.15, 0.2) is 33.6 Å². The number of piperidine rings is 1. The molecule has 4 nitrogen and oxygen atoms in total. The van der Waals surface area contributed by atoms with Crippen molar-refractivity contribution in [1.29, 1.82) is 0 Å². The zero-order valence-electron chi connectivity index (χ0n) is 10.0. The molecule has 1 aliphatic heterocycles. The average Bonchev–Trinajstić information content (AvgIpc) is 2.38. The van der Waals surface area contributed by atoms with Gasteiger partial charge in [0, 0.05) is 11.0 Å². The lowest BCUT2D eigenvalue weighted by atomic mass is 10.0. The van der Waals surface area contributed by atoms with Crippen LogP contribution in [0.25, 0.3) is 0 Å². The number of benzene rings is 1. The molecule has 1 fully saturated rings. The van der Waals surface area contributed by atoms with E-state index in [2.05, 4.69) is 26.0 Å². The number of hydrogen-bond acceptors (Lipinski definition) is 3. The van der Waals surface area contributed by atoms with Crippen molar-refractivity contribution in [3.05, 3.63) is 28.7 Å². The Balaban J connectivity index is 2.01. The van der Waals surface area contributed by atoms with E-state index in [0.29, 0.717) is 21.8 Å². The highest BCUT2D eigenvalue weighted by atomic mass is 79.9. The first kappa shape index (κ1) is 14.0. The standard InChI is InChI=1S/C12H17BrN2O2S/c13-11-5-1-2-6-12(11)18(16,17)15-9-10-4-3-7-14-8-10/h1-2,5-6,10,14-15H,3-4,7-9H2. The molecule has 0 bridgehead atoms. The summed E-state index contributed by atoms with van der Waals surface area (Å²) in [6, 6.07) is 6.86. The third-order valence-corrected chi connectivity index (χ3v) is 5.52. The largest absolute Gasteiger partial charge is 0.316 e. The van der Waals surface area contributed by atoms with Crippen molar-refractivity contribution in [2.75, 3.05) is 19.6 Å². The van der Waals surface area contributed by atoms with E-state index >= 15 is 0 Å². The van der Waals surface area contributed by atoms with Crippen LogP contribution in [0, 0.1) is 5.92 Å². The summed E-state index contributed by atoms with van der Waals surface area (Å²) in [6.45, 7) is 2.42. The van der Waals surface area contributed by atoms with Crippen LogP contribution in [-0.2, 0) is 10.0 Å². The number of halogens is 1. The van der Waals surface area contributed by atoms with E-state index in [9.17, 15) is 8.42 Å². The normalized spacial score (nSPS) is 20.8. The fourth-order valence-corrected chi connectivity index (χ4v) is 4.18. The Hall–Kier alpha value is -0.430. The molecule has 2 N–H and O–H groups in total. The summed E-state index contributed by atoms with van der Waals surface area (Å²) < 4.78 is 27.6. The third kappa shape index (κ3) is 3.54. The van der Waals surface area contributed by atoms with Gasteiger partial charge < -0.3 is 5.32 Å². The second-order valence-corrected chi connectivity index (χ2v) is 7.08. The molecule has 0 radical (unpaired) electrons. The van der Waals surface area contributed by atoms with Gasteiger partial charge in [-0.2, -0.15) is 0 Å². The van der Waals surface area contributed by atoms with Crippen LogP contribution in [0.3, 0.4) is 0 Å². The van der Waals surface area contributed by atoms with Gasteiger partial charge in [-0.1, -0.05) is 12.1 Å². The van der Waals surface area contributed by atoms with Gasteiger partial charge >= 0.3 is 0 Å². The van der Waals surface area contributed by atoms with Crippen LogP contribution < -0.4 is 10.0 Å². The van der Waals surface area contributed by atoms with E-state index in [1.165, 1.54) is 0 Å². The molecule has 0 aromatic heterocycles. The van der Waals surface area contributed by atoms with Gasteiger partial charge in [-0.25, -0.2) is 13.1 Å². The molecule has 0 aliphatic carbocycles. The molecular weight excluding hydrogens is 316 g/mol. The zero-order chi connectivity index (χ0) is 13.0. The first-order valence-corrected chi connectivity index (χ1v) is 8.32. The summed E-state index contributed by atoms with van der Waals surface area (Å²) in [4.78, 5) is 0.300. The highest BCUT2D eigenvalue weighted by Gasteiger charge is 2.20. The molecule has 18 heavy (non-hydrogen) atoms. The van der Waals surface area contributed by atoms with Crippen molar-refractivity contribution >= 4 is 26.0 Å². The SMILES string of the molecule is O=S(=O)(NCC1CCCNC1)c1ccccc1Br. The summed E-state index contributed by atoms with van der Waals surface area (Å²) in [5.74, 6) is 0.385. The highest BCUT2D eigenvalue weighted by Crippen LogP contribution is 2.21. The molecule has 1 saturated heterocycles. The summed E-state index contributed by atoms with van der Waals surface area (Å²) in [6.07, 6.45) is 2.19. The predicted octanol–water partition coefficient (Wildman–Crippen LogP) is 1.73. The van der Waals surface area contributed by atoms with Crippen molar-refractivity contribution in [2.24, 2.45) is 5.92 Å². The number of nitrogens with one attached hydrogen (secondary N) is 2. The average molecular weight is 333 g/mol. The predicted molar refractivity (Wildman–Crippen MR) is 74.9 cm³/mol. The molecule has 1 aromatic rings. The van der Waals surface area contributed by atoms with Gasteiger partial charge in [0.1, 0.15) is 0 Å². The minimum atomic E-state index is -3.41. The summed E-state index contributed by atoms with van der Waals surface area (Å²) in [5.41, 5.74) is 0. The summed E-state index contributed by atoms with van der Waals surface area (Å²) in [5, 5.41) is 3.28. The molecule has 1 aromatic carbocycles. The Labute approximate surface area is 116 Å². The fraction of sp³-hybridized carbons (Fsp3) is 0.500. The van der Waals surface area contributed by atoms with Crippen molar-refractivity contribution in [2.45, 2.75) is 17.7 Å². The molecule has 6 heteroatoms. The number of hydrogen-bond donors (Lipinski definition) is 2. The van der Waals surface area contributed by atoms with Crippen LogP contribution in [0.4, 0.5) is 0 Å². The quantitative estimate of drug-likeness (QED) is 0.882. The summed E-state index contributed by atoms with van der Waals surface area (Å²) in [7, 11) is -3.41. The summed E-state index contributed by atoms with van der Waals surface area (Å²) >= 11 is 3.27. The van der Waals surface area contributed by atoms with Crippen LogP contribution in [0.5, 0.6) is 0 Å². The molecule has 1 atom stereocenters. The maximum Gasteiger partial charge on any atom is 0.241 e. The zero-order valence-corrected chi connectivity index (χ0v) is 12.4. The van der Waals surface area contributed by atoms with Gasteiger partial charge in [-0.05, 0) is 59.9 Å². The smallest absolute Gasteiger partial charge is 0.241 e. The van der Waals surface area contributed by atoms with E-state index in [1.807, 2.05) is 0 Å². The van der Waals surface area contributed by atoms with E-state index < -0.39 is 10.0 Å². The van der Waals surface area contributed by atoms with Crippen molar-refractivity contribution in [3.63, 3.8) is 0 Å². The number of sulfonamides is 1. The van der Waals surface area contributed by atoms with Gasteiger partial charge in [0.25, 0.3) is 0 Å². The van der Waals surface area contributed by atoms with E-state index in [4.69, 9.17) is 0 Å². The van der Waals surface area contributed by atoms with Gasteiger partial charge in [0.2, 0.25) is 10.0 Å². The molecule has 1 aliphatic rings. The first-order valence-electron chi connectivity index (χ1n) is 6.04. The Morgan fingerprint density at radius 1 is 1.39 bits per heavy atom. The lowest BCUT2D eigenvalue weighted by Crippen LogP contribution is -2.38. The molecule has 1 unspecified atom stereocenters. The second-order valence-electron chi connectivity index (χ2n) is 4.49. The van der Waals surface area contributed by atoms with Crippen molar-refractivity contribution < 1.29 is 8.42 Å². The van der Waals surface area contributed by atoms with Gasteiger partial charge in [-0.3, -0.25) is 0 Å². The van der Waals surface area contributed by atoms with Crippen LogP contribution in [0.1, 0.15) is 12.8 Å². The van der Waals surface area contributed by atoms with Crippen molar-refractivity contribution in [3.8, 4) is 0 Å². The van der Waals surface area contributed by atoms with Crippen molar-refractivity contribution in [1.82, 2.24) is 10.0 Å². The number of rotatable bonds is 4. The van der Waals surface area contributed by atoms with E-state index in [-0.39, 0.29) is 0 Å². The lowest BCUT2D eigenvalue weighted by Gasteiger charge is -2.22. The maximum absolute atomic E-state index is 12.1. The Morgan fingerprint density at radius 2 is 2.17 bits per heavy atom.